The van der Waals surface area contributed by atoms with E-state index in [0.29, 0.717) is 30.0 Å². The van der Waals surface area contributed by atoms with Crippen molar-refractivity contribution < 1.29 is 13.2 Å². The maximum absolute atomic E-state index is 12.3. The molecule has 0 aliphatic heterocycles. The molecule has 0 unspecified atom stereocenters. The first-order valence-electron chi connectivity index (χ1n) is 7.48. The summed E-state index contributed by atoms with van der Waals surface area (Å²) in [7, 11) is -3.59. The van der Waals surface area contributed by atoms with Gasteiger partial charge in [-0.3, -0.25) is 9.52 Å². The van der Waals surface area contributed by atoms with Gasteiger partial charge in [-0.1, -0.05) is 41.9 Å². The number of hydrogen-bond donors (Lipinski definition) is 2. The van der Waals surface area contributed by atoms with E-state index in [4.69, 9.17) is 11.6 Å². The van der Waals surface area contributed by atoms with Crippen LogP contribution in [0.3, 0.4) is 0 Å². The highest BCUT2D eigenvalue weighted by Crippen LogP contribution is 2.15. The van der Waals surface area contributed by atoms with Crippen molar-refractivity contribution in [1.82, 2.24) is 5.32 Å². The predicted octanol–water partition coefficient (Wildman–Crippen LogP) is 2.83. The monoisotopic (exact) mass is 366 g/mol. The minimum absolute atomic E-state index is 0.193. The Labute approximate surface area is 147 Å². The number of amides is 1. The van der Waals surface area contributed by atoms with Crippen LogP contribution in [-0.2, 0) is 21.2 Å². The molecule has 0 aromatic heterocycles. The Kier molecular flexibility index (Phi) is 6.63. The molecule has 0 radical (unpaired) electrons. The van der Waals surface area contributed by atoms with Crippen LogP contribution in [0.15, 0.2) is 54.6 Å². The Bertz CT molecular complexity index is 749. The third kappa shape index (κ3) is 6.22. The van der Waals surface area contributed by atoms with Gasteiger partial charge in [-0.05, 0) is 42.7 Å². The summed E-state index contributed by atoms with van der Waals surface area (Å²) >= 11 is 5.78. The number of anilines is 1. The average molecular weight is 367 g/mol. The lowest BCUT2D eigenvalue weighted by Crippen LogP contribution is -2.37. The lowest BCUT2D eigenvalue weighted by atomic mass is 10.1. The highest BCUT2D eigenvalue weighted by atomic mass is 35.5. The normalized spacial score (nSPS) is 12.4. The molecule has 24 heavy (non-hydrogen) atoms. The molecule has 0 spiro atoms. The summed E-state index contributed by atoms with van der Waals surface area (Å²) in [6.45, 7) is 0. The molecule has 0 aliphatic rings. The molecule has 2 aromatic carbocycles. The van der Waals surface area contributed by atoms with Crippen molar-refractivity contribution in [1.29, 1.82) is 0 Å². The zero-order chi connectivity index (χ0) is 17.4. The second-order valence-corrected chi connectivity index (χ2v) is 7.60. The Balaban J connectivity index is 1.97. The number of halogens is 1. The summed E-state index contributed by atoms with van der Waals surface area (Å²) in [5.41, 5.74) is 1.53. The fourth-order valence-electron chi connectivity index (χ4n) is 2.30. The molecule has 0 saturated heterocycles. The van der Waals surface area contributed by atoms with Gasteiger partial charge < -0.3 is 5.32 Å². The molecule has 7 heteroatoms. The number of carbonyl (C=O) groups excluding carboxylic acids is 1. The van der Waals surface area contributed by atoms with Gasteiger partial charge in [0.25, 0.3) is 0 Å². The summed E-state index contributed by atoms with van der Waals surface area (Å²) in [4.78, 5) is 10.8. The summed E-state index contributed by atoms with van der Waals surface area (Å²) in [6.07, 6.45) is 1.75. The van der Waals surface area contributed by atoms with E-state index in [0.717, 1.165) is 5.56 Å². The third-order valence-electron chi connectivity index (χ3n) is 3.47. The first-order chi connectivity index (χ1) is 11.5. The number of rotatable bonds is 9. The Morgan fingerprint density at radius 1 is 1.04 bits per heavy atom. The minimum Gasteiger partial charge on any atom is -0.355 e. The molecule has 5 nitrogen and oxygen atoms in total. The molecule has 0 heterocycles. The number of nitrogens with one attached hydrogen (secondary N) is 2. The molecule has 0 aliphatic carbocycles. The SMILES string of the molecule is O=CN[C@@H](CCc1ccccc1)CS(=O)(=O)Nc1ccc(Cl)cc1. The van der Waals surface area contributed by atoms with Crippen LogP contribution < -0.4 is 10.0 Å². The Morgan fingerprint density at radius 3 is 2.33 bits per heavy atom. The highest BCUT2D eigenvalue weighted by molar-refractivity contribution is 7.92. The van der Waals surface area contributed by atoms with E-state index in [2.05, 4.69) is 10.0 Å². The van der Waals surface area contributed by atoms with Gasteiger partial charge in [0.15, 0.2) is 0 Å². The third-order valence-corrected chi connectivity index (χ3v) is 5.11. The molecular formula is C17H19ClN2O3S. The smallest absolute Gasteiger partial charge is 0.234 e. The van der Waals surface area contributed by atoms with Gasteiger partial charge in [0.05, 0.1) is 5.75 Å². The highest BCUT2D eigenvalue weighted by Gasteiger charge is 2.19. The molecule has 0 bridgehead atoms. The van der Waals surface area contributed by atoms with Crippen LogP contribution in [-0.4, -0.2) is 26.6 Å². The molecule has 0 saturated carbocycles. The molecule has 1 atom stereocenters. The van der Waals surface area contributed by atoms with Crippen LogP contribution in [0.2, 0.25) is 5.02 Å². The standard InChI is InChI=1S/C17H19ClN2O3S/c18-15-7-10-16(11-8-15)20-24(22,23)12-17(19-13-21)9-6-14-4-2-1-3-5-14/h1-5,7-8,10-11,13,17,20H,6,9,12H2,(H,19,21)/t17-/m0/s1. The fraction of sp³-hybridized carbons (Fsp3) is 0.235. The van der Waals surface area contributed by atoms with E-state index in [1.165, 1.54) is 0 Å². The molecule has 2 rings (SSSR count). The van der Waals surface area contributed by atoms with E-state index in [9.17, 15) is 13.2 Å². The van der Waals surface area contributed by atoms with Crippen molar-refractivity contribution in [2.75, 3.05) is 10.5 Å². The summed E-state index contributed by atoms with van der Waals surface area (Å²) in [6, 6.07) is 15.6. The van der Waals surface area contributed by atoms with Gasteiger partial charge in [-0.15, -0.1) is 0 Å². The van der Waals surface area contributed by atoms with Gasteiger partial charge in [0.1, 0.15) is 0 Å². The van der Waals surface area contributed by atoms with E-state index in [1.807, 2.05) is 30.3 Å². The fourth-order valence-corrected chi connectivity index (χ4v) is 3.80. The topological polar surface area (TPSA) is 75.3 Å². The number of sulfonamides is 1. The lowest BCUT2D eigenvalue weighted by molar-refractivity contribution is -0.110. The van der Waals surface area contributed by atoms with Crippen molar-refractivity contribution in [2.45, 2.75) is 18.9 Å². The van der Waals surface area contributed by atoms with Crippen molar-refractivity contribution >= 4 is 33.7 Å². The second kappa shape index (κ2) is 8.70. The number of aryl methyl sites for hydroxylation is 1. The van der Waals surface area contributed by atoms with Gasteiger partial charge in [-0.2, -0.15) is 0 Å². The van der Waals surface area contributed by atoms with Crippen LogP contribution >= 0.6 is 11.6 Å². The van der Waals surface area contributed by atoms with Crippen LogP contribution in [0, 0.1) is 0 Å². The van der Waals surface area contributed by atoms with Crippen molar-refractivity contribution in [2.24, 2.45) is 0 Å². The molecule has 0 fully saturated rings. The zero-order valence-electron chi connectivity index (χ0n) is 13.0. The molecule has 2 N–H and O–H groups in total. The van der Waals surface area contributed by atoms with Crippen molar-refractivity contribution in [3.8, 4) is 0 Å². The first-order valence-corrected chi connectivity index (χ1v) is 9.51. The van der Waals surface area contributed by atoms with Crippen LogP contribution in [0.1, 0.15) is 12.0 Å². The maximum atomic E-state index is 12.3. The van der Waals surface area contributed by atoms with E-state index in [1.54, 1.807) is 24.3 Å². The maximum Gasteiger partial charge on any atom is 0.234 e. The zero-order valence-corrected chi connectivity index (χ0v) is 14.6. The predicted molar refractivity (Wildman–Crippen MR) is 96.6 cm³/mol. The van der Waals surface area contributed by atoms with Gasteiger partial charge in [-0.25, -0.2) is 8.42 Å². The molecule has 2 aromatic rings. The quantitative estimate of drug-likeness (QED) is 0.670. The minimum atomic E-state index is -3.59. The van der Waals surface area contributed by atoms with E-state index in [-0.39, 0.29) is 5.75 Å². The van der Waals surface area contributed by atoms with Gasteiger partial charge in [0, 0.05) is 16.8 Å². The van der Waals surface area contributed by atoms with Gasteiger partial charge in [0.2, 0.25) is 16.4 Å². The largest absolute Gasteiger partial charge is 0.355 e. The van der Waals surface area contributed by atoms with E-state index < -0.39 is 16.1 Å². The van der Waals surface area contributed by atoms with Crippen molar-refractivity contribution in [3.05, 3.63) is 65.2 Å². The Morgan fingerprint density at radius 2 is 1.71 bits per heavy atom. The van der Waals surface area contributed by atoms with E-state index >= 15 is 0 Å². The second-order valence-electron chi connectivity index (χ2n) is 5.40. The number of benzene rings is 2. The molecule has 1 amide bonds. The number of hydrogen-bond acceptors (Lipinski definition) is 3. The van der Waals surface area contributed by atoms with Crippen LogP contribution in [0.25, 0.3) is 0 Å². The summed E-state index contributed by atoms with van der Waals surface area (Å²) < 4.78 is 27.1. The lowest BCUT2D eigenvalue weighted by Gasteiger charge is -2.17. The molecular weight excluding hydrogens is 348 g/mol. The first kappa shape index (κ1) is 18.3. The summed E-state index contributed by atoms with van der Waals surface area (Å²) in [5, 5.41) is 3.11. The summed E-state index contributed by atoms with van der Waals surface area (Å²) in [5.74, 6) is -0.193. The van der Waals surface area contributed by atoms with Gasteiger partial charge >= 0.3 is 0 Å². The Hall–Kier alpha value is -2.05. The van der Waals surface area contributed by atoms with Crippen LogP contribution in [0.5, 0.6) is 0 Å². The number of carbonyl (C=O) groups is 1. The van der Waals surface area contributed by atoms with Crippen LogP contribution in [0.4, 0.5) is 5.69 Å². The molecule has 128 valence electrons. The van der Waals surface area contributed by atoms with Crippen molar-refractivity contribution in [3.63, 3.8) is 0 Å². The average Bonchev–Trinajstić information content (AvgIpc) is 2.55.